The molecular weight excluding hydrogens is 391 g/mol. The highest BCUT2D eigenvalue weighted by Crippen LogP contribution is 2.35. The van der Waals surface area contributed by atoms with Gasteiger partial charge in [-0.05, 0) is 12.1 Å². The van der Waals surface area contributed by atoms with Gasteiger partial charge in [0.2, 0.25) is 10.0 Å². The van der Waals surface area contributed by atoms with Crippen LogP contribution in [0.25, 0.3) is 0 Å². The molecule has 0 amide bonds. The second-order valence-electron chi connectivity index (χ2n) is 4.05. The smallest absolute Gasteiger partial charge is 0.246 e. The van der Waals surface area contributed by atoms with Crippen LogP contribution in [0.3, 0.4) is 0 Å². The van der Waals surface area contributed by atoms with E-state index in [1.54, 1.807) is 0 Å². The van der Waals surface area contributed by atoms with Crippen LogP contribution in [0.15, 0.2) is 21.5 Å². The number of nitrogens with zero attached hydrogens (tertiary/aromatic N) is 2. The van der Waals surface area contributed by atoms with Crippen LogP contribution in [0.1, 0.15) is 0 Å². The summed E-state index contributed by atoms with van der Waals surface area (Å²) in [5.74, 6) is 0. The van der Waals surface area contributed by atoms with Crippen molar-refractivity contribution in [3.8, 4) is 6.07 Å². The van der Waals surface area contributed by atoms with Crippen molar-refractivity contribution in [1.82, 2.24) is 4.31 Å². The molecule has 0 spiro atoms. The summed E-state index contributed by atoms with van der Waals surface area (Å²) in [6.45, 7) is 0.272. The Morgan fingerprint density at radius 3 is 2.55 bits per heavy atom. The van der Waals surface area contributed by atoms with Crippen molar-refractivity contribution < 1.29 is 13.2 Å². The topological polar surface area (TPSA) is 70.4 Å². The van der Waals surface area contributed by atoms with Gasteiger partial charge in [-0.2, -0.15) is 9.57 Å². The van der Waals surface area contributed by atoms with Gasteiger partial charge in [0.05, 0.1) is 29.3 Å². The van der Waals surface area contributed by atoms with Crippen molar-refractivity contribution in [3.05, 3.63) is 26.7 Å². The minimum absolute atomic E-state index is 0.0318. The molecule has 0 N–H and O–H groups in total. The average molecular weight is 400 g/mol. The molecule has 0 saturated carbocycles. The van der Waals surface area contributed by atoms with E-state index in [0.717, 1.165) is 4.31 Å². The Hall–Kier alpha value is -0.360. The van der Waals surface area contributed by atoms with Gasteiger partial charge in [-0.1, -0.05) is 39.1 Å². The molecule has 2 rings (SSSR count). The minimum atomic E-state index is -3.87. The maximum atomic E-state index is 12.6. The van der Waals surface area contributed by atoms with Crippen molar-refractivity contribution >= 4 is 49.2 Å². The Morgan fingerprint density at radius 2 is 2.00 bits per heavy atom. The van der Waals surface area contributed by atoms with Crippen LogP contribution in [0, 0.1) is 11.3 Å². The quantitative estimate of drug-likeness (QED) is 0.766. The van der Waals surface area contributed by atoms with Crippen LogP contribution in [-0.4, -0.2) is 38.5 Å². The lowest BCUT2D eigenvalue weighted by molar-refractivity contribution is 0.0311. The number of halogens is 3. The lowest BCUT2D eigenvalue weighted by atomic mass is 10.3. The fourth-order valence-electron chi connectivity index (χ4n) is 1.83. The molecule has 1 unspecified atom stereocenters. The number of rotatable bonds is 2. The zero-order valence-corrected chi connectivity index (χ0v) is 13.9. The molecule has 108 valence electrons. The minimum Gasteiger partial charge on any atom is -0.361 e. The van der Waals surface area contributed by atoms with Crippen LogP contribution in [0.2, 0.25) is 10.0 Å². The molecule has 9 heteroatoms. The summed E-state index contributed by atoms with van der Waals surface area (Å²) in [6.07, 6.45) is -0.786. The molecule has 1 aromatic carbocycles. The van der Waals surface area contributed by atoms with Gasteiger partial charge < -0.3 is 4.74 Å². The number of nitriles is 1. The van der Waals surface area contributed by atoms with E-state index in [9.17, 15) is 8.42 Å². The molecule has 1 heterocycles. The summed E-state index contributed by atoms with van der Waals surface area (Å²) in [5.41, 5.74) is 0. The van der Waals surface area contributed by atoms with Crippen molar-refractivity contribution in [3.63, 3.8) is 0 Å². The molecule has 1 saturated heterocycles. The molecule has 0 aliphatic carbocycles. The van der Waals surface area contributed by atoms with Crippen molar-refractivity contribution in [2.45, 2.75) is 11.0 Å². The van der Waals surface area contributed by atoms with Crippen LogP contribution in [0.4, 0.5) is 0 Å². The lowest BCUT2D eigenvalue weighted by Gasteiger charge is -2.29. The number of hydrogen-bond donors (Lipinski definition) is 0. The fraction of sp³-hybridized carbons (Fsp3) is 0.364. The number of hydrogen-bond acceptors (Lipinski definition) is 4. The van der Waals surface area contributed by atoms with Crippen LogP contribution in [-0.2, 0) is 14.8 Å². The van der Waals surface area contributed by atoms with Gasteiger partial charge in [-0.25, -0.2) is 8.42 Å². The average Bonchev–Trinajstić information content (AvgIpc) is 2.37. The first-order chi connectivity index (χ1) is 9.36. The number of sulfonamides is 1. The van der Waals surface area contributed by atoms with Crippen molar-refractivity contribution in [1.29, 1.82) is 5.26 Å². The molecular formula is C11H9BrCl2N2O3S. The third-order valence-electron chi connectivity index (χ3n) is 2.73. The van der Waals surface area contributed by atoms with E-state index in [1.807, 2.05) is 6.07 Å². The Kier molecular flexibility index (Phi) is 4.95. The predicted molar refractivity (Wildman–Crippen MR) is 78.3 cm³/mol. The number of benzene rings is 1. The fourth-order valence-corrected chi connectivity index (χ4v) is 5.14. The molecule has 1 aliphatic heterocycles. The maximum absolute atomic E-state index is 12.6. The van der Waals surface area contributed by atoms with Gasteiger partial charge in [0.15, 0.2) is 6.10 Å². The monoisotopic (exact) mass is 398 g/mol. The molecule has 20 heavy (non-hydrogen) atoms. The third kappa shape index (κ3) is 3.11. The molecule has 0 bridgehead atoms. The highest BCUT2D eigenvalue weighted by molar-refractivity contribution is 9.10. The predicted octanol–water partition coefficient (Wildman–Crippen LogP) is 2.67. The van der Waals surface area contributed by atoms with Crippen molar-refractivity contribution in [2.24, 2.45) is 0 Å². The van der Waals surface area contributed by atoms with Crippen molar-refractivity contribution in [2.75, 3.05) is 19.7 Å². The highest BCUT2D eigenvalue weighted by Gasteiger charge is 2.33. The largest absolute Gasteiger partial charge is 0.361 e. The van der Waals surface area contributed by atoms with Crippen LogP contribution >= 0.6 is 39.1 Å². The maximum Gasteiger partial charge on any atom is 0.246 e. The number of ether oxygens (including phenoxy) is 1. The Labute approximate surface area is 135 Å². The zero-order valence-electron chi connectivity index (χ0n) is 10.0. The molecule has 1 atom stereocenters. The highest BCUT2D eigenvalue weighted by atomic mass is 79.9. The van der Waals surface area contributed by atoms with E-state index in [0.29, 0.717) is 4.47 Å². The van der Waals surface area contributed by atoms with Gasteiger partial charge in [0, 0.05) is 11.0 Å². The summed E-state index contributed by atoms with van der Waals surface area (Å²) in [5, 5.41) is 8.90. The Morgan fingerprint density at radius 1 is 1.40 bits per heavy atom. The Balaban J connectivity index is 2.43. The summed E-state index contributed by atoms with van der Waals surface area (Å²) >= 11 is 15.2. The molecule has 5 nitrogen and oxygen atoms in total. The second kappa shape index (κ2) is 6.18. The first-order valence-corrected chi connectivity index (χ1v) is 8.51. The van der Waals surface area contributed by atoms with Gasteiger partial charge in [-0.15, -0.1) is 0 Å². The van der Waals surface area contributed by atoms with Crippen LogP contribution < -0.4 is 0 Å². The van der Waals surface area contributed by atoms with E-state index in [4.69, 9.17) is 33.2 Å². The normalized spacial score (nSPS) is 20.6. The second-order valence-corrected chi connectivity index (χ2v) is 7.65. The van der Waals surface area contributed by atoms with E-state index in [2.05, 4.69) is 15.9 Å². The van der Waals surface area contributed by atoms with Gasteiger partial charge in [-0.3, -0.25) is 0 Å². The molecule has 0 radical (unpaired) electrons. The van der Waals surface area contributed by atoms with Crippen LogP contribution in [0.5, 0.6) is 0 Å². The van der Waals surface area contributed by atoms with E-state index >= 15 is 0 Å². The molecule has 0 aromatic heterocycles. The van der Waals surface area contributed by atoms with Gasteiger partial charge in [0.1, 0.15) is 4.90 Å². The molecule has 1 aromatic rings. The molecule has 1 fully saturated rings. The standard InChI is InChI=1S/C11H9BrCl2N2O3S/c12-7-3-9(13)11(10(14)4-7)20(17,18)16-1-2-19-8(5-15)6-16/h3-4,8H,1-2,6H2. The van der Waals surface area contributed by atoms with E-state index < -0.39 is 16.1 Å². The van der Waals surface area contributed by atoms with E-state index in [-0.39, 0.29) is 34.6 Å². The summed E-state index contributed by atoms with van der Waals surface area (Å²) in [6, 6.07) is 4.82. The SMILES string of the molecule is N#CC1CN(S(=O)(=O)c2c(Cl)cc(Br)cc2Cl)CCO1. The number of morpholine rings is 1. The first kappa shape index (κ1) is 16.0. The first-order valence-electron chi connectivity index (χ1n) is 5.52. The molecule has 1 aliphatic rings. The summed E-state index contributed by atoms with van der Waals surface area (Å²) in [7, 11) is -3.87. The van der Waals surface area contributed by atoms with Gasteiger partial charge in [0.25, 0.3) is 0 Å². The Bertz CT molecular complexity index is 652. The third-order valence-corrected chi connectivity index (χ3v) is 5.98. The van der Waals surface area contributed by atoms with Gasteiger partial charge >= 0.3 is 0 Å². The zero-order chi connectivity index (χ0) is 14.9. The summed E-state index contributed by atoms with van der Waals surface area (Å²) < 4.78 is 32.0. The lowest BCUT2D eigenvalue weighted by Crippen LogP contribution is -2.45. The van der Waals surface area contributed by atoms with E-state index in [1.165, 1.54) is 12.1 Å². The summed E-state index contributed by atoms with van der Waals surface area (Å²) in [4.78, 5) is -0.150.